The Labute approximate surface area is 88.3 Å². The number of alkyl halides is 2. The number of rotatable bonds is 3. The zero-order valence-electron chi connectivity index (χ0n) is 9.13. The third-order valence-corrected chi connectivity index (χ3v) is 2.47. The molecule has 5 heteroatoms. The van der Waals surface area contributed by atoms with Gasteiger partial charge in [-0.3, -0.25) is 9.63 Å². The van der Waals surface area contributed by atoms with Crippen molar-refractivity contribution in [2.45, 2.75) is 39.5 Å². The maximum absolute atomic E-state index is 12.2. The Morgan fingerprint density at radius 2 is 2.13 bits per heavy atom. The summed E-state index contributed by atoms with van der Waals surface area (Å²) >= 11 is 0. The van der Waals surface area contributed by atoms with Crippen LogP contribution < -0.4 is 0 Å². The highest BCUT2D eigenvalue weighted by Gasteiger charge is 2.36. The fourth-order valence-electron chi connectivity index (χ4n) is 1.57. The summed E-state index contributed by atoms with van der Waals surface area (Å²) in [5.41, 5.74) is -1.05. The third-order valence-electron chi connectivity index (χ3n) is 2.47. The molecular weight excluding hydrogens is 204 g/mol. The topological polar surface area (TPSA) is 29.5 Å². The maximum atomic E-state index is 12.2. The first-order valence-electron chi connectivity index (χ1n) is 5.16. The fourth-order valence-corrected chi connectivity index (χ4v) is 1.57. The van der Waals surface area contributed by atoms with E-state index in [4.69, 9.17) is 4.84 Å². The SMILES string of the molecule is CC(C)(CC(F)F)C(=O)N1CCCCO1. The summed E-state index contributed by atoms with van der Waals surface area (Å²) in [6.07, 6.45) is -1.10. The van der Waals surface area contributed by atoms with Gasteiger partial charge in [0.25, 0.3) is 5.91 Å². The summed E-state index contributed by atoms with van der Waals surface area (Å²) < 4.78 is 24.5. The lowest BCUT2D eigenvalue weighted by Crippen LogP contribution is -2.44. The molecular formula is C10H17F2NO2. The highest BCUT2D eigenvalue weighted by Crippen LogP contribution is 2.28. The number of carbonyl (C=O) groups is 1. The molecule has 1 fully saturated rings. The fraction of sp³-hybridized carbons (Fsp3) is 0.900. The van der Waals surface area contributed by atoms with Crippen molar-refractivity contribution in [2.24, 2.45) is 5.41 Å². The van der Waals surface area contributed by atoms with Gasteiger partial charge in [0.1, 0.15) is 0 Å². The van der Waals surface area contributed by atoms with Crippen LogP contribution in [0.15, 0.2) is 0 Å². The second-order valence-electron chi connectivity index (χ2n) is 4.43. The van der Waals surface area contributed by atoms with Gasteiger partial charge in [-0.15, -0.1) is 0 Å². The van der Waals surface area contributed by atoms with Crippen LogP contribution in [-0.2, 0) is 9.63 Å². The summed E-state index contributed by atoms with van der Waals surface area (Å²) in [6, 6.07) is 0. The smallest absolute Gasteiger partial charge is 0.251 e. The van der Waals surface area contributed by atoms with Crippen LogP contribution in [0.1, 0.15) is 33.1 Å². The largest absolute Gasteiger partial charge is 0.272 e. The molecule has 0 aromatic carbocycles. The van der Waals surface area contributed by atoms with Gasteiger partial charge in [0.15, 0.2) is 0 Å². The van der Waals surface area contributed by atoms with Crippen molar-refractivity contribution in [2.75, 3.05) is 13.2 Å². The molecule has 0 unspecified atom stereocenters. The summed E-state index contributed by atoms with van der Waals surface area (Å²) in [4.78, 5) is 17.0. The van der Waals surface area contributed by atoms with Crippen molar-refractivity contribution < 1.29 is 18.4 Å². The van der Waals surface area contributed by atoms with Crippen LogP contribution in [0.4, 0.5) is 8.78 Å². The number of hydrogen-bond acceptors (Lipinski definition) is 2. The number of carbonyl (C=O) groups excluding carboxylic acids is 1. The third kappa shape index (κ3) is 3.41. The standard InChI is InChI=1S/C10H17F2NO2/c1-10(2,7-8(11)12)9(14)13-5-3-4-6-15-13/h8H,3-7H2,1-2H3. The Balaban J connectivity index is 2.56. The lowest BCUT2D eigenvalue weighted by atomic mass is 9.88. The van der Waals surface area contributed by atoms with Crippen LogP contribution in [0.25, 0.3) is 0 Å². The average Bonchev–Trinajstić information content (AvgIpc) is 2.16. The molecule has 3 nitrogen and oxygen atoms in total. The lowest BCUT2D eigenvalue weighted by Gasteiger charge is -2.33. The molecule has 1 rings (SSSR count). The van der Waals surface area contributed by atoms with Crippen LogP contribution in [-0.4, -0.2) is 30.5 Å². The first-order chi connectivity index (χ1) is 6.93. The summed E-state index contributed by atoms with van der Waals surface area (Å²) in [7, 11) is 0. The van der Waals surface area contributed by atoms with Crippen molar-refractivity contribution in [1.29, 1.82) is 0 Å². The van der Waals surface area contributed by atoms with Gasteiger partial charge >= 0.3 is 0 Å². The number of amides is 1. The number of nitrogens with zero attached hydrogens (tertiary/aromatic N) is 1. The molecule has 1 saturated heterocycles. The normalized spacial score (nSPS) is 18.3. The molecule has 0 aromatic heterocycles. The Kier molecular flexibility index (Phi) is 4.02. The van der Waals surface area contributed by atoms with E-state index in [1.165, 1.54) is 18.9 Å². The highest BCUT2D eigenvalue weighted by molar-refractivity contribution is 5.81. The predicted octanol–water partition coefficient (Wildman–Crippen LogP) is 2.22. The quantitative estimate of drug-likeness (QED) is 0.731. The van der Waals surface area contributed by atoms with Gasteiger partial charge in [0.05, 0.1) is 12.0 Å². The van der Waals surface area contributed by atoms with Crippen molar-refractivity contribution >= 4 is 5.91 Å². The van der Waals surface area contributed by atoms with Crippen LogP contribution in [0.2, 0.25) is 0 Å². The molecule has 1 heterocycles. The van der Waals surface area contributed by atoms with Crippen molar-refractivity contribution in [3.05, 3.63) is 0 Å². The zero-order valence-corrected chi connectivity index (χ0v) is 9.13. The van der Waals surface area contributed by atoms with Crippen LogP contribution >= 0.6 is 0 Å². The van der Waals surface area contributed by atoms with Gasteiger partial charge < -0.3 is 0 Å². The molecule has 0 spiro atoms. The van der Waals surface area contributed by atoms with E-state index < -0.39 is 18.3 Å². The monoisotopic (exact) mass is 221 g/mol. The molecule has 1 aliphatic rings. The van der Waals surface area contributed by atoms with E-state index >= 15 is 0 Å². The molecule has 0 radical (unpaired) electrons. The first kappa shape index (κ1) is 12.4. The minimum Gasteiger partial charge on any atom is -0.272 e. The number of hydroxylamine groups is 2. The van der Waals surface area contributed by atoms with Crippen LogP contribution in [0.3, 0.4) is 0 Å². The van der Waals surface area contributed by atoms with Gasteiger partial charge in [-0.1, -0.05) is 13.8 Å². The van der Waals surface area contributed by atoms with Gasteiger partial charge in [0.2, 0.25) is 6.43 Å². The molecule has 0 aromatic rings. The second-order valence-corrected chi connectivity index (χ2v) is 4.43. The highest BCUT2D eigenvalue weighted by atomic mass is 19.3. The van der Waals surface area contributed by atoms with Gasteiger partial charge in [0, 0.05) is 13.0 Å². The molecule has 15 heavy (non-hydrogen) atoms. The maximum Gasteiger partial charge on any atom is 0.251 e. The van der Waals surface area contributed by atoms with Gasteiger partial charge in [-0.05, 0) is 12.8 Å². The second kappa shape index (κ2) is 4.88. The van der Waals surface area contributed by atoms with Gasteiger partial charge in [-0.2, -0.15) is 0 Å². The van der Waals surface area contributed by atoms with Crippen molar-refractivity contribution in [3.8, 4) is 0 Å². The molecule has 0 atom stereocenters. The molecule has 0 bridgehead atoms. The first-order valence-corrected chi connectivity index (χ1v) is 5.16. The number of hydrogen-bond donors (Lipinski definition) is 0. The Morgan fingerprint density at radius 3 is 2.60 bits per heavy atom. The van der Waals surface area contributed by atoms with E-state index in [0.29, 0.717) is 13.2 Å². The molecule has 0 N–H and O–H groups in total. The van der Waals surface area contributed by atoms with E-state index in [9.17, 15) is 13.6 Å². The van der Waals surface area contributed by atoms with E-state index in [-0.39, 0.29) is 5.91 Å². The molecule has 1 amide bonds. The Hall–Kier alpha value is -0.710. The van der Waals surface area contributed by atoms with Crippen molar-refractivity contribution in [3.63, 3.8) is 0 Å². The van der Waals surface area contributed by atoms with Crippen molar-refractivity contribution in [1.82, 2.24) is 5.06 Å². The minimum absolute atomic E-state index is 0.345. The molecule has 1 aliphatic heterocycles. The number of halogens is 2. The van der Waals surface area contributed by atoms with E-state index in [2.05, 4.69) is 0 Å². The summed E-state index contributed by atoms with van der Waals surface area (Å²) in [5.74, 6) is -0.345. The van der Waals surface area contributed by atoms with Crippen LogP contribution in [0.5, 0.6) is 0 Å². The molecule has 88 valence electrons. The summed E-state index contributed by atoms with van der Waals surface area (Å²) in [6.45, 7) is 4.06. The average molecular weight is 221 g/mol. The van der Waals surface area contributed by atoms with E-state index in [1.807, 2.05) is 0 Å². The van der Waals surface area contributed by atoms with Gasteiger partial charge in [-0.25, -0.2) is 13.8 Å². The molecule has 0 saturated carbocycles. The molecule has 0 aliphatic carbocycles. The lowest BCUT2D eigenvalue weighted by molar-refractivity contribution is -0.207. The Morgan fingerprint density at radius 1 is 1.47 bits per heavy atom. The van der Waals surface area contributed by atoms with E-state index in [0.717, 1.165) is 12.8 Å². The minimum atomic E-state index is -2.46. The van der Waals surface area contributed by atoms with Crippen LogP contribution in [0, 0.1) is 5.41 Å². The Bertz CT molecular complexity index is 225. The zero-order chi connectivity index (χ0) is 11.5. The predicted molar refractivity (Wildman–Crippen MR) is 51.3 cm³/mol. The summed E-state index contributed by atoms with van der Waals surface area (Å²) in [5, 5.41) is 1.23. The van der Waals surface area contributed by atoms with E-state index in [1.54, 1.807) is 0 Å².